The van der Waals surface area contributed by atoms with Gasteiger partial charge < -0.3 is 39.4 Å². The third-order valence-corrected chi connectivity index (χ3v) is 8.94. The van der Waals surface area contributed by atoms with Crippen molar-refractivity contribution < 1.29 is 52.5 Å². The maximum Gasteiger partial charge on any atom is 0.408 e. The summed E-state index contributed by atoms with van der Waals surface area (Å²) in [5.74, 6) is -3.95. The molecule has 2 saturated heterocycles. The summed E-state index contributed by atoms with van der Waals surface area (Å²) in [6.45, 7) is 12.5. The minimum absolute atomic E-state index is 0.0909. The van der Waals surface area contributed by atoms with Gasteiger partial charge >= 0.3 is 24.0 Å². The first-order chi connectivity index (χ1) is 23.8. The van der Waals surface area contributed by atoms with Crippen LogP contribution in [0.25, 0.3) is 0 Å². The molecule has 0 radical (unpaired) electrons. The van der Waals surface area contributed by atoms with Crippen LogP contribution in [0, 0.1) is 6.92 Å². The summed E-state index contributed by atoms with van der Waals surface area (Å²) in [6, 6.07) is 3.75. The van der Waals surface area contributed by atoms with Crippen LogP contribution >= 0.6 is 0 Å². The lowest BCUT2D eigenvalue weighted by molar-refractivity contribution is -0.159. The highest BCUT2D eigenvalue weighted by Gasteiger charge is 2.54. The third-order valence-electron chi connectivity index (χ3n) is 8.94. The zero-order chi connectivity index (χ0) is 38.3. The van der Waals surface area contributed by atoms with E-state index in [1.54, 1.807) is 20.8 Å². The number of hydrogen-bond donors (Lipinski definition) is 2. The van der Waals surface area contributed by atoms with Gasteiger partial charge in [-0.1, -0.05) is 29.8 Å². The van der Waals surface area contributed by atoms with Crippen molar-refractivity contribution in [3.05, 3.63) is 35.4 Å². The van der Waals surface area contributed by atoms with Crippen LogP contribution in [-0.4, -0.2) is 113 Å². The van der Waals surface area contributed by atoms with E-state index in [0.29, 0.717) is 12.8 Å². The number of hydrogen-bond acceptors (Lipinski definition) is 11. The minimum Gasteiger partial charge on any atom is -0.467 e. The molecule has 3 rings (SSSR count). The number of likely N-dealkylation sites (tertiary alicyclic amines) is 2. The molecule has 2 aliphatic rings. The van der Waals surface area contributed by atoms with Crippen molar-refractivity contribution in [1.29, 1.82) is 0 Å². The number of nitrogens with zero attached hydrogens (tertiary/aromatic N) is 2. The Morgan fingerprint density at radius 3 is 2.02 bits per heavy atom. The van der Waals surface area contributed by atoms with Gasteiger partial charge in [-0.3, -0.25) is 24.0 Å². The Bertz CT molecular complexity index is 1470. The molecule has 0 saturated carbocycles. The molecule has 2 heterocycles. The number of benzene rings is 1. The molecule has 1 aromatic rings. The third kappa shape index (κ3) is 10.4. The van der Waals surface area contributed by atoms with Crippen molar-refractivity contribution in [2.45, 2.75) is 129 Å². The molecule has 0 spiro atoms. The first-order valence-corrected chi connectivity index (χ1v) is 17.2. The number of alkyl carbamates (subject to hydrolysis) is 1. The van der Waals surface area contributed by atoms with Crippen LogP contribution in [0.15, 0.2) is 24.3 Å². The van der Waals surface area contributed by atoms with E-state index >= 15 is 0 Å². The van der Waals surface area contributed by atoms with Crippen LogP contribution in [0.5, 0.6) is 0 Å². The van der Waals surface area contributed by atoms with Crippen molar-refractivity contribution in [3.8, 4) is 0 Å². The summed E-state index contributed by atoms with van der Waals surface area (Å²) in [7, 11) is 1.15. The maximum absolute atomic E-state index is 14.7. The number of carbonyl (C=O) groups excluding carboxylic acids is 7. The quantitative estimate of drug-likeness (QED) is 0.239. The standard InChI is InChI=1S/C36H52N4O11/c1-21-13-15-26(16-14-21)20-36(33(46)37-29(32(45)48-9)23(3)50-25(5)42)17-11-19-40(36)30(43)27-12-10-18-39(27)31(44)28(22(2)49-24(4)41)38-34(47)51-35(6,7)8/h13-16,22-23,27-29H,10-12,17-20H2,1-9H3,(H,37,46)(H,38,47)/t22-,23-,27+,28+,29+,36-/m1/s1. The molecule has 15 heteroatoms. The average molecular weight is 717 g/mol. The molecular formula is C36H52N4O11. The van der Waals surface area contributed by atoms with Gasteiger partial charge in [0.1, 0.15) is 35.4 Å². The Balaban J connectivity index is 2.01. The van der Waals surface area contributed by atoms with Gasteiger partial charge in [-0.15, -0.1) is 0 Å². The van der Waals surface area contributed by atoms with E-state index in [9.17, 15) is 33.6 Å². The maximum atomic E-state index is 14.7. The molecule has 4 amide bonds. The topological polar surface area (TPSA) is 187 Å². The second-order valence-corrected chi connectivity index (χ2v) is 14.2. The average Bonchev–Trinajstić information content (AvgIpc) is 3.69. The molecule has 282 valence electrons. The smallest absolute Gasteiger partial charge is 0.408 e. The van der Waals surface area contributed by atoms with Gasteiger partial charge in [-0.05, 0) is 72.8 Å². The van der Waals surface area contributed by atoms with Crippen molar-refractivity contribution in [2.75, 3.05) is 20.2 Å². The zero-order valence-electron chi connectivity index (χ0n) is 31.0. The fraction of sp³-hybridized carbons (Fsp3) is 0.639. The Hall–Kier alpha value is -4.69. The highest BCUT2D eigenvalue weighted by molar-refractivity contribution is 5.98. The number of esters is 3. The lowest BCUT2D eigenvalue weighted by atomic mass is 9.85. The molecule has 0 unspecified atom stereocenters. The van der Waals surface area contributed by atoms with Crippen LogP contribution in [0.4, 0.5) is 4.79 Å². The highest BCUT2D eigenvalue weighted by Crippen LogP contribution is 2.36. The lowest BCUT2D eigenvalue weighted by Crippen LogP contribution is -2.65. The second-order valence-electron chi connectivity index (χ2n) is 14.2. The van der Waals surface area contributed by atoms with Crippen LogP contribution in [0.2, 0.25) is 0 Å². The molecule has 6 atom stereocenters. The number of carbonyl (C=O) groups is 7. The van der Waals surface area contributed by atoms with Gasteiger partial charge in [0.25, 0.3) is 0 Å². The molecule has 2 fully saturated rings. The predicted molar refractivity (Wildman–Crippen MR) is 183 cm³/mol. The molecule has 2 aliphatic heterocycles. The number of rotatable bonds is 12. The summed E-state index contributed by atoms with van der Waals surface area (Å²) in [5.41, 5.74) is -0.621. The molecule has 51 heavy (non-hydrogen) atoms. The van der Waals surface area contributed by atoms with Crippen LogP contribution < -0.4 is 10.6 Å². The number of methoxy groups -OCH3 is 1. The second kappa shape index (κ2) is 17.0. The Morgan fingerprint density at radius 2 is 1.47 bits per heavy atom. The van der Waals surface area contributed by atoms with Crippen molar-refractivity contribution in [3.63, 3.8) is 0 Å². The number of ether oxygens (including phenoxy) is 4. The van der Waals surface area contributed by atoms with Gasteiger partial charge in [-0.25, -0.2) is 9.59 Å². The Labute approximate surface area is 299 Å². The van der Waals surface area contributed by atoms with Gasteiger partial charge in [0.15, 0.2) is 6.04 Å². The monoisotopic (exact) mass is 716 g/mol. The molecule has 0 aromatic heterocycles. The first kappa shape index (κ1) is 40.7. The summed E-state index contributed by atoms with van der Waals surface area (Å²) in [5, 5.41) is 5.23. The number of aryl methyl sites for hydroxylation is 1. The largest absolute Gasteiger partial charge is 0.467 e. The van der Waals surface area contributed by atoms with Crippen molar-refractivity contribution >= 4 is 41.7 Å². The van der Waals surface area contributed by atoms with Gasteiger partial charge in [0, 0.05) is 33.4 Å². The summed E-state index contributed by atoms with van der Waals surface area (Å²) in [6.07, 6.45) is -1.59. The van der Waals surface area contributed by atoms with E-state index in [0.717, 1.165) is 18.2 Å². The predicted octanol–water partition coefficient (Wildman–Crippen LogP) is 2.34. The first-order valence-electron chi connectivity index (χ1n) is 17.2. The molecule has 2 N–H and O–H groups in total. The fourth-order valence-electron chi connectivity index (χ4n) is 6.63. The van der Waals surface area contributed by atoms with Gasteiger partial charge in [-0.2, -0.15) is 0 Å². The summed E-state index contributed by atoms with van der Waals surface area (Å²) >= 11 is 0. The van der Waals surface area contributed by atoms with Gasteiger partial charge in [0.05, 0.1) is 7.11 Å². The van der Waals surface area contributed by atoms with E-state index in [4.69, 9.17) is 18.9 Å². The fourth-order valence-corrected chi connectivity index (χ4v) is 6.63. The Kier molecular flexibility index (Phi) is 13.6. The number of nitrogens with one attached hydrogen (secondary N) is 2. The van der Waals surface area contributed by atoms with Crippen LogP contribution in [-0.2, 0) is 54.1 Å². The molecule has 0 aliphatic carbocycles. The lowest BCUT2D eigenvalue weighted by Gasteiger charge is -2.41. The zero-order valence-corrected chi connectivity index (χ0v) is 31.0. The van der Waals surface area contributed by atoms with Crippen LogP contribution in [0.1, 0.15) is 85.3 Å². The normalized spacial score (nSPS) is 21.1. The highest BCUT2D eigenvalue weighted by atomic mass is 16.6. The van der Waals surface area contributed by atoms with E-state index < -0.39 is 83.2 Å². The molecule has 15 nitrogen and oxygen atoms in total. The SMILES string of the molecule is COC(=O)[C@@H](NC(=O)[C@]1(Cc2ccc(C)cc2)CCCN1C(=O)[C@@H]1CCCN1C(=O)[C@@H](NC(=O)OC(C)(C)C)[C@@H](C)OC(C)=O)[C@@H](C)OC(C)=O. The minimum atomic E-state index is -1.49. The summed E-state index contributed by atoms with van der Waals surface area (Å²) in [4.78, 5) is 95.4. The number of amides is 4. The molecule has 0 bridgehead atoms. The molecular weight excluding hydrogens is 664 g/mol. The summed E-state index contributed by atoms with van der Waals surface area (Å²) < 4.78 is 20.8. The Morgan fingerprint density at radius 1 is 0.882 bits per heavy atom. The van der Waals surface area contributed by atoms with Crippen molar-refractivity contribution in [1.82, 2.24) is 20.4 Å². The van der Waals surface area contributed by atoms with E-state index in [1.807, 2.05) is 31.2 Å². The molecule has 1 aromatic carbocycles. The van der Waals surface area contributed by atoms with Gasteiger partial charge in [0.2, 0.25) is 17.7 Å². The van der Waals surface area contributed by atoms with Crippen molar-refractivity contribution in [2.24, 2.45) is 0 Å². The van der Waals surface area contributed by atoms with E-state index in [2.05, 4.69) is 10.6 Å². The van der Waals surface area contributed by atoms with Crippen LogP contribution in [0.3, 0.4) is 0 Å². The van der Waals surface area contributed by atoms with E-state index in [1.165, 1.54) is 37.5 Å². The van der Waals surface area contributed by atoms with E-state index in [-0.39, 0.29) is 32.4 Å².